The van der Waals surface area contributed by atoms with Crippen LogP contribution >= 0.6 is 11.8 Å². The normalized spacial score (nSPS) is 17.8. The minimum atomic E-state index is -0.843. The van der Waals surface area contributed by atoms with Gasteiger partial charge in [0.15, 0.2) is 0 Å². The molecule has 1 heterocycles. The average Bonchev–Trinajstić information content (AvgIpc) is 2.44. The number of hydrogen-bond donors (Lipinski definition) is 2. The number of hydrogen-bond acceptors (Lipinski definition) is 4. The molecule has 0 aliphatic carbocycles. The fourth-order valence-corrected chi connectivity index (χ4v) is 2.21. The molecule has 0 saturated carbocycles. The van der Waals surface area contributed by atoms with E-state index in [2.05, 4.69) is 12.2 Å². The number of ether oxygens (including phenoxy) is 1. The number of rotatable bonds is 7. The first kappa shape index (κ1) is 17.1. The van der Waals surface area contributed by atoms with E-state index in [4.69, 9.17) is 9.84 Å². The first-order valence-corrected chi connectivity index (χ1v) is 8.20. The van der Waals surface area contributed by atoms with E-state index in [0.717, 1.165) is 12.8 Å². The van der Waals surface area contributed by atoms with Crippen molar-refractivity contribution in [1.29, 1.82) is 0 Å². The number of amides is 2. The third-order valence-electron chi connectivity index (χ3n) is 3.34. The lowest BCUT2D eigenvalue weighted by Gasteiger charge is -2.32. The number of carbonyl (C=O) groups excluding carboxylic acids is 1. The predicted molar refractivity (Wildman–Crippen MR) is 79.2 cm³/mol. The Morgan fingerprint density at radius 3 is 2.65 bits per heavy atom. The van der Waals surface area contributed by atoms with Gasteiger partial charge in [-0.3, -0.25) is 4.79 Å². The van der Waals surface area contributed by atoms with Gasteiger partial charge in [-0.05, 0) is 19.1 Å². The van der Waals surface area contributed by atoms with Gasteiger partial charge in [0.25, 0.3) is 0 Å². The van der Waals surface area contributed by atoms with E-state index in [1.165, 1.54) is 0 Å². The Bertz CT molecular complexity index is 319. The Morgan fingerprint density at radius 1 is 1.45 bits per heavy atom. The van der Waals surface area contributed by atoms with Gasteiger partial charge >= 0.3 is 12.0 Å². The number of nitrogens with one attached hydrogen (secondary N) is 1. The second-order valence-corrected chi connectivity index (χ2v) is 6.21. The topological polar surface area (TPSA) is 78.9 Å². The van der Waals surface area contributed by atoms with Crippen LogP contribution < -0.4 is 5.32 Å². The number of urea groups is 1. The van der Waals surface area contributed by atoms with Crippen molar-refractivity contribution in [2.24, 2.45) is 0 Å². The molecule has 0 spiro atoms. The van der Waals surface area contributed by atoms with Crippen molar-refractivity contribution in [1.82, 2.24) is 10.2 Å². The number of carboxylic acids is 1. The molecular weight excluding hydrogens is 280 g/mol. The Hall–Kier alpha value is -0.950. The van der Waals surface area contributed by atoms with Crippen LogP contribution in [-0.2, 0) is 9.53 Å². The minimum absolute atomic E-state index is 0.0186. The summed E-state index contributed by atoms with van der Waals surface area (Å²) in [5.41, 5.74) is 0. The van der Waals surface area contributed by atoms with E-state index < -0.39 is 5.97 Å². The van der Waals surface area contributed by atoms with Crippen LogP contribution in [0.3, 0.4) is 0 Å². The van der Waals surface area contributed by atoms with Crippen molar-refractivity contribution in [2.45, 2.75) is 37.5 Å². The van der Waals surface area contributed by atoms with Crippen LogP contribution in [-0.4, -0.2) is 65.9 Å². The van der Waals surface area contributed by atoms with Crippen LogP contribution in [0.15, 0.2) is 0 Å². The van der Waals surface area contributed by atoms with E-state index in [1.54, 1.807) is 16.7 Å². The number of nitrogens with zero attached hydrogens (tertiary/aromatic N) is 1. The molecular formula is C13H24N2O4S. The highest BCUT2D eigenvalue weighted by atomic mass is 32.2. The highest BCUT2D eigenvalue weighted by Gasteiger charge is 2.23. The lowest BCUT2D eigenvalue weighted by atomic mass is 10.1. The summed E-state index contributed by atoms with van der Waals surface area (Å²) in [4.78, 5) is 24.1. The van der Waals surface area contributed by atoms with Crippen molar-refractivity contribution in [3.8, 4) is 0 Å². The zero-order chi connectivity index (χ0) is 15.0. The van der Waals surface area contributed by atoms with E-state index in [-0.39, 0.29) is 25.2 Å². The molecule has 1 atom stereocenters. The van der Waals surface area contributed by atoms with Crippen molar-refractivity contribution < 1.29 is 19.4 Å². The highest BCUT2D eigenvalue weighted by molar-refractivity contribution is 7.99. The summed E-state index contributed by atoms with van der Waals surface area (Å²) >= 11 is 1.72. The molecule has 1 unspecified atom stereocenters. The third-order valence-corrected chi connectivity index (χ3v) is 4.31. The Morgan fingerprint density at radius 2 is 2.10 bits per heavy atom. The summed E-state index contributed by atoms with van der Waals surface area (Å²) in [5, 5.41) is 11.9. The van der Waals surface area contributed by atoms with Gasteiger partial charge in [0, 0.05) is 24.9 Å². The Kier molecular flexibility index (Phi) is 7.76. The van der Waals surface area contributed by atoms with Crippen molar-refractivity contribution in [3.05, 3.63) is 0 Å². The van der Waals surface area contributed by atoms with Crippen LogP contribution in [0.4, 0.5) is 4.79 Å². The SMILES string of the molecule is CSC(C)CNC(=O)N1CCC(OCCC(=O)O)CC1. The lowest BCUT2D eigenvalue weighted by molar-refractivity contribution is -0.138. The van der Waals surface area contributed by atoms with Crippen molar-refractivity contribution >= 4 is 23.8 Å². The summed E-state index contributed by atoms with van der Waals surface area (Å²) in [7, 11) is 0. The van der Waals surface area contributed by atoms with Crippen LogP contribution in [0, 0.1) is 0 Å². The summed E-state index contributed by atoms with van der Waals surface area (Å²) in [6, 6.07) is -0.0186. The molecule has 1 rings (SSSR count). The molecule has 1 aliphatic heterocycles. The maximum atomic E-state index is 11.9. The zero-order valence-corrected chi connectivity index (χ0v) is 12.9. The molecule has 1 saturated heterocycles. The van der Waals surface area contributed by atoms with Crippen LogP contribution in [0.1, 0.15) is 26.2 Å². The fraction of sp³-hybridized carbons (Fsp3) is 0.846. The average molecular weight is 304 g/mol. The summed E-state index contributed by atoms with van der Waals surface area (Å²) in [6.07, 6.45) is 3.67. The molecule has 0 aromatic heterocycles. The Labute approximate surface area is 124 Å². The predicted octanol–water partition coefficient (Wildman–Crippen LogP) is 1.40. The standard InChI is InChI=1S/C13H24N2O4S/c1-10(20-2)9-14-13(18)15-6-3-11(4-7-15)19-8-5-12(16)17/h10-11H,3-9H2,1-2H3,(H,14,18)(H,16,17). The van der Waals surface area contributed by atoms with Gasteiger partial charge < -0.3 is 20.1 Å². The van der Waals surface area contributed by atoms with Gasteiger partial charge in [-0.15, -0.1) is 0 Å². The molecule has 1 aliphatic rings. The number of carbonyl (C=O) groups is 2. The van der Waals surface area contributed by atoms with Gasteiger partial charge in [0.1, 0.15) is 0 Å². The monoisotopic (exact) mass is 304 g/mol. The quantitative estimate of drug-likeness (QED) is 0.743. The van der Waals surface area contributed by atoms with Crippen LogP contribution in [0.25, 0.3) is 0 Å². The van der Waals surface area contributed by atoms with Gasteiger partial charge in [-0.2, -0.15) is 11.8 Å². The van der Waals surface area contributed by atoms with Crippen LogP contribution in [0.5, 0.6) is 0 Å². The van der Waals surface area contributed by atoms with Gasteiger partial charge in [-0.25, -0.2) is 4.79 Å². The molecule has 7 heteroatoms. The first-order valence-electron chi connectivity index (χ1n) is 6.92. The largest absolute Gasteiger partial charge is 0.481 e. The molecule has 2 amide bonds. The van der Waals surface area contributed by atoms with Crippen molar-refractivity contribution in [3.63, 3.8) is 0 Å². The second kappa shape index (κ2) is 9.07. The fourth-order valence-electron chi connectivity index (χ4n) is 1.96. The molecule has 0 radical (unpaired) electrons. The summed E-state index contributed by atoms with van der Waals surface area (Å²) < 4.78 is 5.49. The molecule has 2 N–H and O–H groups in total. The molecule has 0 aromatic carbocycles. The van der Waals surface area contributed by atoms with E-state index in [1.807, 2.05) is 6.26 Å². The maximum absolute atomic E-state index is 11.9. The third kappa shape index (κ3) is 6.47. The number of aliphatic carboxylic acids is 1. The van der Waals surface area contributed by atoms with E-state index in [0.29, 0.717) is 24.9 Å². The maximum Gasteiger partial charge on any atom is 0.317 e. The molecule has 6 nitrogen and oxygen atoms in total. The number of likely N-dealkylation sites (tertiary alicyclic amines) is 1. The minimum Gasteiger partial charge on any atom is -0.481 e. The number of carboxylic acid groups (broad SMARTS) is 1. The van der Waals surface area contributed by atoms with E-state index in [9.17, 15) is 9.59 Å². The van der Waals surface area contributed by atoms with Gasteiger partial charge in [0.05, 0.1) is 19.1 Å². The van der Waals surface area contributed by atoms with Crippen LogP contribution in [0.2, 0.25) is 0 Å². The summed E-state index contributed by atoms with van der Waals surface area (Å²) in [6.45, 7) is 4.33. The Balaban J connectivity index is 2.17. The first-order chi connectivity index (χ1) is 9.52. The highest BCUT2D eigenvalue weighted by Crippen LogP contribution is 2.14. The molecule has 0 aromatic rings. The number of thioether (sulfide) groups is 1. The van der Waals surface area contributed by atoms with Gasteiger partial charge in [-0.1, -0.05) is 6.92 Å². The molecule has 116 valence electrons. The zero-order valence-electron chi connectivity index (χ0n) is 12.1. The molecule has 0 bridgehead atoms. The summed E-state index contributed by atoms with van der Waals surface area (Å²) in [5.74, 6) is -0.843. The second-order valence-electron chi connectivity index (χ2n) is 4.93. The number of piperidine rings is 1. The van der Waals surface area contributed by atoms with Crippen molar-refractivity contribution in [2.75, 3.05) is 32.5 Å². The lowest BCUT2D eigenvalue weighted by Crippen LogP contribution is -2.47. The van der Waals surface area contributed by atoms with E-state index >= 15 is 0 Å². The smallest absolute Gasteiger partial charge is 0.317 e. The molecule has 1 fully saturated rings. The van der Waals surface area contributed by atoms with Gasteiger partial charge in [0.2, 0.25) is 0 Å². The molecule has 20 heavy (non-hydrogen) atoms.